The Hall–Kier alpha value is -2.70. The number of likely N-dealkylation sites (N-methyl/N-ethyl adjacent to an activating group) is 1. The first kappa shape index (κ1) is 18.7. The lowest BCUT2D eigenvalue weighted by molar-refractivity contribution is -0.122. The fourth-order valence-electron chi connectivity index (χ4n) is 2.90. The number of aromatic nitrogens is 1. The van der Waals surface area contributed by atoms with E-state index in [1.54, 1.807) is 4.90 Å². The van der Waals surface area contributed by atoms with E-state index >= 15 is 0 Å². The summed E-state index contributed by atoms with van der Waals surface area (Å²) in [6, 6.07) is 18.1. The summed E-state index contributed by atoms with van der Waals surface area (Å²) in [6.45, 7) is 4.58. The van der Waals surface area contributed by atoms with E-state index in [-0.39, 0.29) is 5.91 Å². The second kappa shape index (κ2) is 8.12. The van der Waals surface area contributed by atoms with Crippen LogP contribution in [0.25, 0.3) is 17.3 Å². The zero-order valence-electron chi connectivity index (χ0n) is 15.6. The normalized spacial score (nSPS) is 17.1. The number of carbonyl (C=O) groups is 1. The van der Waals surface area contributed by atoms with Gasteiger partial charge in [-0.25, -0.2) is 4.98 Å². The highest BCUT2D eigenvalue weighted by Crippen LogP contribution is 2.35. The molecule has 0 atom stereocenters. The Balaban J connectivity index is 1.64. The van der Waals surface area contributed by atoms with Crippen LogP contribution in [0.1, 0.15) is 18.1 Å². The first-order valence-electron chi connectivity index (χ1n) is 9.02. The number of carbonyl (C=O) groups excluding carboxylic acids is 1. The highest BCUT2D eigenvalue weighted by atomic mass is 32.2. The summed E-state index contributed by atoms with van der Waals surface area (Å²) in [6.07, 6.45) is 1.95. The highest BCUT2D eigenvalue weighted by molar-refractivity contribution is 8.18. The second-order valence-electron chi connectivity index (χ2n) is 6.29. The van der Waals surface area contributed by atoms with Crippen LogP contribution in [0.3, 0.4) is 0 Å². The van der Waals surface area contributed by atoms with E-state index in [4.69, 9.17) is 0 Å². The number of aliphatic imine (C=N–C) groups is 1. The van der Waals surface area contributed by atoms with Crippen molar-refractivity contribution in [3.05, 3.63) is 76.0 Å². The van der Waals surface area contributed by atoms with E-state index in [9.17, 15) is 4.79 Å². The molecule has 4 rings (SSSR count). The van der Waals surface area contributed by atoms with Crippen LogP contribution >= 0.6 is 23.1 Å². The molecule has 0 unspecified atom stereocenters. The minimum Gasteiger partial charge on any atom is -0.287 e. The van der Waals surface area contributed by atoms with Gasteiger partial charge in [-0.15, -0.1) is 11.3 Å². The Labute approximate surface area is 172 Å². The maximum absolute atomic E-state index is 12.8. The zero-order valence-corrected chi connectivity index (χ0v) is 17.3. The number of benzene rings is 2. The summed E-state index contributed by atoms with van der Waals surface area (Å²) < 4.78 is 0. The number of aryl methyl sites for hydroxylation is 1. The van der Waals surface area contributed by atoms with Gasteiger partial charge in [0.1, 0.15) is 0 Å². The van der Waals surface area contributed by atoms with Gasteiger partial charge in [-0.1, -0.05) is 54.6 Å². The van der Waals surface area contributed by atoms with E-state index < -0.39 is 0 Å². The molecule has 6 heteroatoms. The summed E-state index contributed by atoms with van der Waals surface area (Å²) in [5.41, 5.74) is 4.16. The number of amides is 1. The van der Waals surface area contributed by atoms with Crippen LogP contribution in [0.4, 0.5) is 5.13 Å². The Kier molecular flexibility index (Phi) is 5.41. The van der Waals surface area contributed by atoms with Crippen molar-refractivity contribution >= 4 is 45.4 Å². The maximum Gasteiger partial charge on any atom is 0.266 e. The summed E-state index contributed by atoms with van der Waals surface area (Å²) in [4.78, 5) is 24.5. The number of hydrogen-bond acceptors (Lipinski definition) is 5. The summed E-state index contributed by atoms with van der Waals surface area (Å²) in [5, 5.41) is 3.34. The molecule has 0 bridgehead atoms. The van der Waals surface area contributed by atoms with Crippen molar-refractivity contribution in [1.82, 2.24) is 9.88 Å². The molecule has 2 aromatic carbocycles. The molecule has 1 aliphatic heterocycles. The topological polar surface area (TPSA) is 45.6 Å². The molecule has 0 aliphatic carbocycles. The lowest BCUT2D eigenvalue weighted by atomic mass is 10.1. The number of thioether (sulfide) groups is 1. The Morgan fingerprint density at radius 1 is 1.11 bits per heavy atom. The lowest BCUT2D eigenvalue weighted by Gasteiger charge is -2.11. The second-order valence-corrected chi connectivity index (χ2v) is 8.14. The molecule has 28 heavy (non-hydrogen) atoms. The van der Waals surface area contributed by atoms with Crippen molar-refractivity contribution in [2.24, 2.45) is 4.99 Å². The molecule has 0 spiro atoms. The standard InChI is InChI=1S/C22H19N3OS2/c1-3-25-20(26)19(13-17-12-8-7-9-15(17)2)28-22(25)24-21-23-18(14-27-21)16-10-5-4-6-11-16/h4-14H,3H2,1-2H3/b19-13-,24-22+. The molecule has 3 aromatic rings. The van der Waals surface area contributed by atoms with Crippen LogP contribution in [-0.4, -0.2) is 27.5 Å². The van der Waals surface area contributed by atoms with Gasteiger partial charge in [-0.3, -0.25) is 9.69 Å². The van der Waals surface area contributed by atoms with Gasteiger partial charge < -0.3 is 0 Å². The molecule has 0 N–H and O–H groups in total. The minimum absolute atomic E-state index is 0.00524. The van der Waals surface area contributed by atoms with E-state index in [2.05, 4.69) is 9.98 Å². The van der Waals surface area contributed by atoms with Gasteiger partial charge in [0.25, 0.3) is 5.91 Å². The predicted octanol–water partition coefficient (Wildman–Crippen LogP) is 5.74. The van der Waals surface area contributed by atoms with Crippen molar-refractivity contribution in [1.29, 1.82) is 0 Å². The average molecular weight is 406 g/mol. The van der Waals surface area contributed by atoms with Gasteiger partial charge in [0.15, 0.2) is 5.17 Å². The van der Waals surface area contributed by atoms with Crippen LogP contribution in [0.5, 0.6) is 0 Å². The molecular formula is C22H19N3OS2. The van der Waals surface area contributed by atoms with Crippen molar-refractivity contribution < 1.29 is 4.79 Å². The van der Waals surface area contributed by atoms with E-state index in [1.165, 1.54) is 23.1 Å². The molecule has 0 saturated carbocycles. The zero-order chi connectivity index (χ0) is 19.5. The number of hydrogen-bond donors (Lipinski definition) is 0. The van der Waals surface area contributed by atoms with E-state index in [0.29, 0.717) is 21.7 Å². The molecule has 0 radical (unpaired) electrons. The SMILES string of the molecule is CCN1C(=O)/C(=C/c2ccccc2C)S/C1=N/c1nc(-c2ccccc2)cs1. The quantitative estimate of drug-likeness (QED) is 0.520. The first-order chi connectivity index (χ1) is 13.7. The lowest BCUT2D eigenvalue weighted by Crippen LogP contribution is -2.28. The van der Waals surface area contributed by atoms with Crippen molar-refractivity contribution in [3.63, 3.8) is 0 Å². The van der Waals surface area contributed by atoms with Crippen LogP contribution < -0.4 is 0 Å². The van der Waals surface area contributed by atoms with E-state index in [0.717, 1.165) is 22.4 Å². The fourth-order valence-corrected chi connectivity index (χ4v) is 4.69. The largest absolute Gasteiger partial charge is 0.287 e. The van der Waals surface area contributed by atoms with Crippen LogP contribution in [0, 0.1) is 6.92 Å². The summed E-state index contributed by atoms with van der Waals surface area (Å²) in [7, 11) is 0. The Morgan fingerprint density at radius 3 is 2.61 bits per heavy atom. The predicted molar refractivity (Wildman–Crippen MR) is 119 cm³/mol. The highest BCUT2D eigenvalue weighted by Gasteiger charge is 2.32. The number of rotatable bonds is 4. The van der Waals surface area contributed by atoms with Crippen molar-refractivity contribution in [2.75, 3.05) is 6.54 Å². The van der Waals surface area contributed by atoms with Gasteiger partial charge in [-0.2, -0.15) is 4.99 Å². The van der Waals surface area contributed by atoms with Crippen LogP contribution in [0.15, 0.2) is 69.9 Å². The van der Waals surface area contributed by atoms with Gasteiger partial charge in [0.2, 0.25) is 5.13 Å². The Bertz CT molecular complexity index is 1070. The third-order valence-corrected chi connectivity index (χ3v) is 6.17. The van der Waals surface area contributed by atoms with Crippen molar-refractivity contribution in [3.8, 4) is 11.3 Å². The average Bonchev–Trinajstić information content (AvgIpc) is 3.29. The molecule has 1 aromatic heterocycles. The molecular weight excluding hydrogens is 386 g/mol. The Morgan fingerprint density at radius 2 is 1.86 bits per heavy atom. The smallest absolute Gasteiger partial charge is 0.266 e. The number of amidine groups is 1. The molecule has 1 saturated heterocycles. The maximum atomic E-state index is 12.8. The van der Waals surface area contributed by atoms with Gasteiger partial charge in [-0.05, 0) is 42.8 Å². The van der Waals surface area contributed by atoms with E-state index in [1.807, 2.05) is 79.9 Å². The number of thiazole rings is 1. The van der Waals surface area contributed by atoms with Crippen molar-refractivity contribution in [2.45, 2.75) is 13.8 Å². The van der Waals surface area contributed by atoms with Gasteiger partial charge in [0, 0.05) is 17.5 Å². The third-order valence-electron chi connectivity index (χ3n) is 4.43. The van der Waals surface area contributed by atoms with Gasteiger partial charge in [0.05, 0.1) is 10.6 Å². The molecule has 4 nitrogen and oxygen atoms in total. The summed E-state index contributed by atoms with van der Waals surface area (Å²) in [5.74, 6) is -0.00524. The first-order valence-corrected chi connectivity index (χ1v) is 10.7. The van der Waals surface area contributed by atoms with Crippen LogP contribution in [-0.2, 0) is 4.79 Å². The molecule has 1 aliphatic rings. The molecule has 1 amide bonds. The summed E-state index contributed by atoms with van der Waals surface area (Å²) >= 11 is 2.89. The van der Waals surface area contributed by atoms with Gasteiger partial charge >= 0.3 is 0 Å². The third kappa shape index (κ3) is 3.79. The fraction of sp³-hybridized carbons (Fsp3) is 0.136. The monoisotopic (exact) mass is 405 g/mol. The molecule has 140 valence electrons. The van der Waals surface area contributed by atoms with Crippen LogP contribution in [0.2, 0.25) is 0 Å². The molecule has 2 heterocycles. The number of nitrogens with zero attached hydrogens (tertiary/aromatic N) is 3. The minimum atomic E-state index is -0.00524. The molecule has 1 fully saturated rings.